The Morgan fingerprint density at radius 3 is 2.56 bits per heavy atom. The molecule has 1 aliphatic carbocycles. The third-order valence-electron chi connectivity index (χ3n) is 4.47. The molecule has 0 aromatic rings. The van der Waals surface area contributed by atoms with E-state index in [9.17, 15) is 14.4 Å². The van der Waals surface area contributed by atoms with Gasteiger partial charge in [-0.2, -0.15) is 0 Å². The fraction of sp³-hybridized carbons (Fsp3) is 0.722. The van der Waals surface area contributed by atoms with E-state index in [2.05, 4.69) is 11.9 Å². The zero-order valence-corrected chi connectivity index (χ0v) is 15.5. The maximum Gasteiger partial charge on any atom is 0.410 e. The second kappa shape index (κ2) is 7.06. The fourth-order valence-electron chi connectivity index (χ4n) is 3.14. The monoisotopic (exact) mass is 352 g/mol. The molecule has 0 bridgehead atoms. The molecule has 1 saturated carbocycles. The summed E-state index contributed by atoms with van der Waals surface area (Å²) >= 11 is 0. The molecule has 1 N–H and O–H groups in total. The molecular weight excluding hydrogens is 324 g/mol. The molecular formula is C18H28N2O5. The summed E-state index contributed by atoms with van der Waals surface area (Å²) < 4.78 is 10.5. The molecule has 140 valence electrons. The molecule has 0 radical (unpaired) electrons. The van der Waals surface area contributed by atoms with Gasteiger partial charge < -0.3 is 14.8 Å². The highest BCUT2D eigenvalue weighted by Gasteiger charge is 2.61. The third kappa shape index (κ3) is 4.14. The summed E-state index contributed by atoms with van der Waals surface area (Å²) in [7, 11) is 0. The lowest BCUT2D eigenvalue weighted by molar-refractivity contribution is -0.149. The van der Waals surface area contributed by atoms with Gasteiger partial charge in [0.2, 0.25) is 5.91 Å². The van der Waals surface area contributed by atoms with Crippen molar-refractivity contribution in [1.29, 1.82) is 0 Å². The van der Waals surface area contributed by atoms with Gasteiger partial charge in [-0.1, -0.05) is 6.08 Å². The van der Waals surface area contributed by atoms with Crippen molar-refractivity contribution in [3.63, 3.8) is 0 Å². The molecule has 2 amide bonds. The van der Waals surface area contributed by atoms with Crippen LogP contribution in [0, 0.1) is 5.92 Å². The minimum atomic E-state index is -1.04. The maximum absolute atomic E-state index is 12.7. The largest absolute Gasteiger partial charge is 0.464 e. The summed E-state index contributed by atoms with van der Waals surface area (Å²) in [5, 5.41) is 2.81. The number of amides is 2. The van der Waals surface area contributed by atoms with Crippen molar-refractivity contribution in [3.8, 4) is 0 Å². The lowest BCUT2D eigenvalue weighted by Gasteiger charge is -2.29. The second-order valence-corrected chi connectivity index (χ2v) is 7.56. The summed E-state index contributed by atoms with van der Waals surface area (Å²) in [6, 6.07) is -0.632. The van der Waals surface area contributed by atoms with Crippen LogP contribution >= 0.6 is 0 Å². The van der Waals surface area contributed by atoms with Gasteiger partial charge in [-0.05, 0) is 47.0 Å². The highest BCUT2D eigenvalue weighted by atomic mass is 16.6. The van der Waals surface area contributed by atoms with Crippen LogP contribution in [-0.4, -0.2) is 53.2 Å². The van der Waals surface area contributed by atoms with Gasteiger partial charge in [-0.25, -0.2) is 9.59 Å². The van der Waals surface area contributed by atoms with Gasteiger partial charge in [0, 0.05) is 12.5 Å². The molecule has 7 heteroatoms. The Labute approximate surface area is 148 Å². The van der Waals surface area contributed by atoms with Crippen LogP contribution in [0.25, 0.3) is 0 Å². The van der Waals surface area contributed by atoms with E-state index in [4.69, 9.17) is 9.47 Å². The minimum absolute atomic E-state index is 0.146. The number of carbonyl (C=O) groups is 3. The molecule has 1 heterocycles. The van der Waals surface area contributed by atoms with E-state index in [-0.39, 0.29) is 18.4 Å². The van der Waals surface area contributed by atoms with Crippen LogP contribution in [0.2, 0.25) is 0 Å². The number of ether oxygens (including phenoxy) is 2. The predicted molar refractivity (Wildman–Crippen MR) is 91.8 cm³/mol. The van der Waals surface area contributed by atoms with Gasteiger partial charge in [0.25, 0.3) is 0 Å². The molecule has 2 rings (SSSR count). The first kappa shape index (κ1) is 19.3. The first-order chi connectivity index (χ1) is 11.6. The standard InChI is InChI=1S/C18H28N2O5/c1-6-12-11-18(12,15(22)24-7-2)19-14(21)13-9-8-10-20(13)16(23)25-17(3,4)5/h6,12-13H,1,7-11H2,2-5H3,(H,19,21)/t12?,13-,18?/m0/s1. The summed E-state index contributed by atoms with van der Waals surface area (Å²) in [5.41, 5.74) is -1.67. The van der Waals surface area contributed by atoms with Crippen LogP contribution in [0.1, 0.15) is 47.0 Å². The number of nitrogens with one attached hydrogen (secondary N) is 1. The highest BCUT2D eigenvalue weighted by Crippen LogP contribution is 2.45. The van der Waals surface area contributed by atoms with Crippen LogP contribution < -0.4 is 5.32 Å². The average Bonchev–Trinajstić information content (AvgIpc) is 3.00. The topological polar surface area (TPSA) is 84.9 Å². The van der Waals surface area contributed by atoms with E-state index in [1.807, 2.05) is 0 Å². The Morgan fingerprint density at radius 1 is 1.36 bits per heavy atom. The lowest BCUT2D eigenvalue weighted by atomic mass is 10.1. The molecule has 2 aliphatic rings. The molecule has 0 aromatic carbocycles. The summed E-state index contributed by atoms with van der Waals surface area (Å²) in [6.45, 7) is 11.5. The van der Waals surface area contributed by atoms with Crippen LogP contribution in [0.15, 0.2) is 12.7 Å². The average molecular weight is 352 g/mol. The van der Waals surface area contributed by atoms with Crippen molar-refractivity contribution in [2.24, 2.45) is 5.92 Å². The summed E-state index contributed by atoms with van der Waals surface area (Å²) in [4.78, 5) is 38.8. The van der Waals surface area contributed by atoms with Crippen molar-refractivity contribution in [3.05, 3.63) is 12.7 Å². The van der Waals surface area contributed by atoms with Gasteiger partial charge in [-0.15, -0.1) is 6.58 Å². The Balaban J connectivity index is 2.07. The molecule has 1 aliphatic heterocycles. The second-order valence-electron chi connectivity index (χ2n) is 7.56. The smallest absolute Gasteiger partial charge is 0.410 e. The normalized spacial score (nSPS) is 28.2. The van der Waals surface area contributed by atoms with Gasteiger partial charge in [0.15, 0.2) is 0 Å². The number of nitrogens with zero attached hydrogens (tertiary/aromatic N) is 1. The zero-order valence-electron chi connectivity index (χ0n) is 15.5. The predicted octanol–water partition coefficient (Wildman–Crippen LogP) is 2.01. The number of hydrogen-bond donors (Lipinski definition) is 1. The minimum Gasteiger partial charge on any atom is -0.464 e. The number of likely N-dealkylation sites (tertiary alicyclic amines) is 1. The van der Waals surface area contributed by atoms with Gasteiger partial charge >= 0.3 is 12.1 Å². The first-order valence-electron chi connectivity index (χ1n) is 8.76. The van der Waals surface area contributed by atoms with Crippen LogP contribution in [0.3, 0.4) is 0 Å². The highest BCUT2D eigenvalue weighted by molar-refractivity contribution is 5.94. The summed E-state index contributed by atoms with van der Waals surface area (Å²) in [6.07, 6.45) is 2.88. The van der Waals surface area contributed by atoms with Crippen molar-refractivity contribution in [1.82, 2.24) is 10.2 Å². The molecule has 25 heavy (non-hydrogen) atoms. The molecule has 0 spiro atoms. The summed E-state index contributed by atoms with van der Waals surface area (Å²) in [5.74, 6) is -0.942. The van der Waals surface area contributed by atoms with Crippen molar-refractivity contribution in [2.75, 3.05) is 13.2 Å². The van der Waals surface area contributed by atoms with Crippen LogP contribution in [-0.2, 0) is 19.1 Å². The first-order valence-corrected chi connectivity index (χ1v) is 8.76. The lowest BCUT2D eigenvalue weighted by Crippen LogP contribution is -2.53. The molecule has 7 nitrogen and oxygen atoms in total. The quantitative estimate of drug-likeness (QED) is 0.604. The number of rotatable bonds is 5. The van der Waals surface area contributed by atoms with Crippen LogP contribution in [0.4, 0.5) is 4.79 Å². The molecule has 2 fully saturated rings. The van der Waals surface area contributed by atoms with Crippen molar-refractivity contribution >= 4 is 18.0 Å². The fourth-order valence-corrected chi connectivity index (χ4v) is 3.14. The number of esters is 1. The molecule has 3 atom stereocenters. The number of carbonyl (C=O) groups excluding carboxylic acids is 3. The van der Waals surface area contributed by atoms with E-state index in [1.165, 1.54) is 4.90 Å². The van der Waals surface area contributed by atoms with Gasteiger partial charge in [0.1, 0.15) is 17.2 Å². The zero-order chi connectivity index (χ0) is 18.8. The Bertz CT molecular complexity index is 568. The molecule has 1 saturated heterocycles. The molecule has 0 aromatic heterocycles. The molecule has 2 unspecified atom stereocenters. The number of hydrogen-bond acceptors (Lipinski definition) is 5. The van der Waals surface area contributed by atoms with Gasteiger partial charge in [-0.3, -0.25) is 9.69 Å². The van der Waals surface area contributed by atoms with E-state index in [0.29, 0.717) is 25.8 Å². The van der Waals surface area contributed by atoms with E-state index in [1.54, 1.807) is 33.8 Å². The van der Waals surface area contributed by atoms with E-state index < -0.39 is 29.2 Å². The van der Waals surface area contributed by atoms with Gasteiger partial charge in [0.05, 0.1) is 6.61 Å². The van der Waals surface area contributed by atoms with E-state index >= 15 is 0 Å². The Morgan fingerprint density at radius 2 is 2.04 bits per heavy atom. The Hall–Kier alpha value is -2.05. The van der Waals surface area contributed by atoms with E-state index in [0.717, 1.165) is 0 Å². The Kier molecular flexibility index (Phi) is 5.44. The SMILES string of the molecule is C=CC1CC1(NC(=O)[C@@H]1CCCN1C(=O)OC(C)(C)C)C(=O)OCC. The van der Waals surface area contributed by atoms with Crippen molar-refractivity contribution in [2.45, 2.75) is 64.1 Å². The van der Waals surface area contributed by atoms with Crippen molar-refractivity contribution < 1.29 is 23.9 Å². The third-order valence-corrected chi connectivity index (χ3v) is 4.47. The van der Waals surface area contributed by atoms with Crippen LogP contribution in [0.5, 0.6) is 0 Å². The maximum atomic E-state index is 12.7.